The Hall–Kier alpha value is -2.18. The second-order valence-electron chi connectivity index (χ2n) is 6.88. The Kier molecular flexibility index (Phi) is 7.81. The second kappa shape index (κ2) is 10.1. The fourth-order valence-corrected chi connectivity index (χ4v) is 3.35. The van der Waals surface area contributed by atoms with Crippen molar-refractivity contribution >= 4 is 12.0 Å². The summed E-state index contributed by atoms with van der Waals surface area (Å²) in [6.07, 6.45) is 0.453. The van der Waals surface area contributed by atoms with Crippen molar-refractivity contribution in [3.63, 3.8) is 0 Å². The van der Waals surface area contributed by atoms with Crippen LogP contribution in [0, 0.1) is 5.92 Å². The van der Waals surface area contributed by atoms with Gasteiger partial charge in [0.25, 0.3) is 0 Å². The lowest BCUT2D eigenvalue weighted by atomic mass is 9.86. The molecule has 1 aromatic carbocycles. The maximum atomic E-state index is 12.7. The van der Waals surface area contributed by atoms with E-state index < -0.39 is 18.3 Å². The number of amides is 2. The van der Waals surface area contributed by atoms with E-state index in [0.717, 1.165) is 5.56 Å². The molecule has 1 aromatic rings. The highest BCUT2D eigenvalue weighted by atomic mass is 19.3. The van der Waals surface area contributed by atoms with Gasteiger partial charge in [0, 0.05) is 24.4 Å². The topological polar surface area (TPSA) is 78.4 Å². The highest BCUT2D eigenvalue weighted by Gasteiger charge is 2.28. The van der Waals surface area contributed by atoms with Crippen LogP contribution in [-0.4, -0.2) is 35.6 Å². The summed E-state index contributed by atoms with van der Waals surface area (Å²) in [4.78, 5) is 23.1. The van der Waals surface area contributed by atoms with Crippen LogP contribution in [0.25, 0.3) is 0 Å². The van der Waals surface area contributed by atoms with Gasteiger partial charge in [-0.25, -0.2) is 13.6 Å². The molecule has 0 saturated heterocycles. The van der Waals surface area contributed by atoms with Crippen LogP contribution in [0.2, 0.25) is 0 Å². The van der Waals surface area contributed by atoms with Gasteiger partial charge in [-0.15, -0.1) is 0 Å². The molecule has 1 unspecified atom stereocenters. The molecule has 2 amide bonds. The fraction of sp³-hybridized carbons (Fsp3) is 0.579. The number of hydrogen-bond acceptors (Lipinski definition) is 2. The Morgan fingerprint density at radius 1 is 1.12 bits per heavy atom. The minimum absolute atomic E-state index is 0.0305. The third kappa shape index (κ3) is 6.98. The van der Waals surface area contributed by atoms with Crippen molar-refractivity contribution in [1.29, 1.82) is 0 Å². The number of carbonyl (C=O) groups excluding carboxylic acids is 1. The van der Waals surface area contributed by atoms with Crippen molar-refractivity contribution in [2.75, 3.05) is 0 Å². The molecule has 1 aliphatic rings. The molecule has 3 N–H and O–H groups in total. The van der Waals surface area contributed by atoms with Gasteiger partial charge in [-0.05, 0) is 44.1 Å². The van der Waals surface area contributed by atoms with Gasteiger partial charge in [0.15, 0.2) is 0 Å². The Morgan fingerprint density at radius 3 is 2.35 bits per heavy atom. The number of nitrogens with one attached hydrogen (secondary N) is 2. The molecule has 0 bridgehead atoms. The lowest BCUT2D eigenvalue weighted by Gasteiger charge is -2.29. The molecule has 26 heavy (non-hydrogen) atoms. The Balaban J connectivity index is 1.84. The molecule has 1 fully saturated rings. The average molecular weight is 368 g/mol. The summed E-state index contributed by atoms with van der Waals surface area (Å²) in [5, 5.41) is 14.6. The third-order valence-electron chi connectivity index (χ3n) is 4.83. The molecule has 0 aromatic heterocycles. The molecule has 1 saturated carbocycles. The molecule has 1 atom stereocenters. The number of carboxylic acids is 1. The summed E-state index contributed by atoms with van der Waals surface area (Å²) in [6, 6.07) is 8.77. The van der Waals surface area contributed by atoms with E-state index in [2.05, 4.69) is 10.6 Å². The number of alkyl halides is 2. The summed E-state index contributed by atoms with van der Waals surface area (Å²) >= 11 is 0. The Bertz CT molecular complexity index is 575. The molecule has 144 valence electrons. The second-order valence-corrected chi connectivity index (χ2v) is 6.88. The zero-order valence-electron chi connectivity index (χ0n) is 14.7. The predicted octanol–water partition coefficient (Wildman–Crippen LogP) is 3.59. The Labute approximate surface area is 152 Å². The first kappa shape index (κ1) is 20.1. The zero-order chi connectivity index (χ0) is 18.9. The van der Waals surface area contributed by atoms with Gasteiger partial charge in [-0.3, -0.25) is 4.79 Å². The largest absolute Gasteiger partial charge is 0.481 e. The molecule has 1 aliphatic carbocycles. The molecule has 0 spiro atoms. The zero-order valence-corrected chi connectivity index (χ0v) is 14.7. The third-order valence-corrected chi connectivity index (χ3v) is 4.83. The standard InChI is InChI=1S/C19H26F2N2O3/c20-18(21)14-6-8-15(9-7-14)22-19(26)23-16(10-11-17(24)25)12-13-4-2-1-3-5-13/h1-5,14-16,18H,6-12H2,(H,24,25)(H2,22,23,26). The van der Waals surface area contributed by atoms with E-state index in [-0.39, 0.29) is 24.5 Å². The number of carbonyl (C=O) groups is 2. The first-order valence-corrected chi connectivity index (χ1v) is 9.05. The van der Waals surface area contributed by atoms with Crippen molar-refractivity contribution in [3.8, 4) is 0 Å². The molecule has 5 nitrogen and oxygen atoms in total. The van der Waals surface area contributed by atoms with Gasteiger partial charge in [-0.2, -0.15) is 0 Å². The van der Waals surface area contributed by atoms with E-state index in [1.54, 1.807) is 0 Å². The van der Waals surface area contributed by atoms with E-state index in [9.17, 15) is 18.4 Å². The van der Waals surface area contributed by atoms with Crippen LogP contribution in [0.5, 0.6) is 0 Å². The van der Waals surface area contributed by atoms with E-state index >= 15 is 0 Å². The van der Waals surface area contributed by atoms with Crippen LogP contribution in [0.4, 0.5) is 13.6 Å². The number of hydrogen-bond donors (Lipinski definition) is 3. The summed E-state index contributed by atoms with van der Waals surface area (Å²) in [5.41, 5.74) is 1.01. The average Bonchev–Trinajstić information content (AvgIpc) is 2.61. The number of carboxylic acid groups (broad SMARTS) is 1. The van der Waals surface area contributed by atoms with Crippen molar-refractivity contribution < 1.29 is 23.5 Å². The fourth-order valence-electron chi connectivity index (χ4n) is 3.35. The maximum absolute atomic E-state index is 12.7. The molecular formula is C19H26F2N2O3. The van der Waals surface area contributed by atoms with Gasteiger partial charge in [0.1, 0.15) is 0 Å². The van der Waals surface area contributed by atoms with E-state index in [0.29, 0.717) is 38.5 Å². The van der Waals surface area contributed by atoms with Crippen molar-refractivity contribution in [1.82, 2.24) is 10.6 Å². The smallest absolute Gasteiger partial charge is 0.315 e. The molecule has 7 heteroatoms. The van der Waals surface area contributed by atoms with E-state index in [1.165, 1.54) is 0 Å². The quantitative estimate of drug-likeness (QED) is 0.656. The van der Waals surface area contributed by atoms with Crippen molar-refractivity contribution in [3.05, 3.63) is 35.9 Å². The van der Waals surface area contributed by atoms with Crippen LogP contribution in [-0.2, 0) is 11.2 Å². The van der Waals surface area contributed by atoms with Crippen LogP contribution in [0.3, 0.4) is 0 Å². The van der Waals surface area contributed by atoms with Crippen molar-refractivity contribution in [2.24, 2.45) is 5.92 Å². The highest BCUT2D eigenvalue weighted by molar-refractivity contribution is 5.74. The Morgan fingerprint density at radius 2 is 1.77 bits per heavy atom. The van der Waals surface area contributed by atoms with Crippen LogP contribution in [0.1, 0.15) is 44.1 Å². The lowest BCUT2D eigenvalue weighted by molar-refractivity contribution is -0.137. The van der Waals surface area contributed by atoms with Crippen LogP contribution < -0.4 is 10.6 Å². The monoisotopic (exact) mass is 368 g/mol. The number of rotatable bonds is 8. The minimum Gasteiger partial charge on any atom is -0.481 e. The number of benzene rings is 1. The SMILES string of the molecule is O=C(O)CCC(Cc1ccccc1)NC(=O)NC1CCC(C(F)F)CC1. The maximum Gasteiger partial charge on any atom is 0.315 e. The first-order valence-electron chi connectivity index (χ1n) is 9.05. The number of urea groups is 1. The first-order chi connectivity index (χ1) is 12.4. The van der Waals surface area contributed by atoms with Gasteiger partial charge < -0.3 is 15.7 Å². The highest BCUT2D eigenvalue weighted by Crippen LogP contribution is 2.29. The molecular weight excluding hydrogens is 342 g/mol. The van der Waals surface area contributed by atoms with Crippen LogP contribution >= 0.6 is 0 Å². The molecule has 0 aliphatic heterocycles. The number of aliphatic carboxylic acids is 1. The molecule has 2 rings (SSSR count). The van der Waals surface area contributed by atoms with Gasteiger partial charge in [-0.1, -0.05) is 30.3 Å². The molecule has 0 heterocycles. The van der Waals surface area contributed by atoms with Gasteiger partial charge in [0.2, 0.25) is 6.43 Å². The minimum atomic E-state index is -2.30. The summed E-state index contributed by atoms with van der Waals surface area (Å²) < 4.78 is 25.4. The summed E-state index contributed by atoms with van der Waals surface area (Å²) in [6.45, 7) is 0. The normalized spacial score (nSPS) is 21.2. The summed E-state index contributed by atoms with van der Waals surface area (Å²) in [5.74, 6) is -1.48. The van der Waals surface area contributed by atoms with Crippen molar-refractivity contribution in [2.45, 2.75) is 63.5 Å². The van der Waals surface area contributed by atoms with Gasteiger partial charge in [0.05, 0.1) is 0 Å². The molecule has 0 radical (unpaired) electrons. The van der Waals surface area contributed by atoms with E-state index in [4.69, 9.17) is 5.11 Å². The summed E-state index contributed by atoms with van der Waals surface area (Å²) in [7, 11) is 0. The lowest BCUT2D eigenvalue weighted by Crippen LogP contribution is -2.48. The predicted molar refractivity (Wildman–Crippen MR) is 94.2 cm³/mol. The van der Waals surface area contributed by atoms with E-state index in [1.807, 2.05) is 30.3 Å². The van der Waals surface area contributed by atoms with Gasteiger partial charge >= 0.3 is 12.0 Å². The number of halogens is 2. The van der Waals surface area contributed by atoms with Crippen LogP contribution in [0.15, 0.2) is 30.3 Å².